The van der Waals surface area contributed by atoms with Gasteiger partial charge in [0.1, 0.15) is 5.82 Å². The smallest absolute Gasteiger partial charge is 0.181 e. The SMILES string of the molecule is Cc1[nH]nc2ncc(-c3cncc(NC4CCN(C(C)C)CC4)n3)cc12. The summed E-state index contributed by atoms with van der Waals surface area (Å²) >= 11 is 0. The Morgan fingerprint density at radius 2 is 2.00 bits per heavy atom. The molecule has 2 N–H and O–H groups in total. The Morgan fingerprint density at radius 1 is 1.19 bits per heavy atom. The van der Waals surface area contributed by atoms with Crippen molar-refractivity contribution in [3.05, 3.63) is 30.4 Å². The van der Waals surface area contributed by atoms with Gasteiger partial charge in [-0.15, -0.1) is 0 Å². The molecular weight excluding hydrogens is 326 g/mol. The first-order valence-corrected chi connectivity index (χ1v) is 9.24. The fourth-order valence-electron chi connectivity index (χ4n) is 3.50. The molecule has 0 aromatic carbocycles. The average Bonchev–Trinajstić information content (AvgIpc) is 3.03. The molecule has 3 aromatic rings. The Hall–Kier alpha value is -2.54. The van der Waals surface area contributed by atoms with Crippen molar-refractivity contribution in [1.82, 2.24) is 30.0 Å². The molecule has 4 rings (SSSR count). The maximum absolute atomic E-state index is 4.75. The van der Waals surface area contributed by atoms with Crippen molar-refractivity contribution < 1.29 is 0 Å². The van der Waals surface area contributed by atoms with Gasteiger partial charge in [0.05, 0.1) is 18.1 Å². The van der Waals surface area contributed by atoms with E-state index in [4.69, 9.17) is 4.98 Å². The van der Waals surface area contributed by atoms with Gasteiger partial charge in [-0.2, -0.15) is 5.10 Å². The van der Waals surface area contributed by atoms with Gasteiger partial charge in [0, 0.05) is 48.0 Å². The number of pyridine rings is 1. The maximum Gasteiger partial charge on any atom is 0.181 e. The Kier molecular flexibility index (Phi) is 4.55. The molecule has 0 saturated carbocycles. The number of aryl methyl sites for hydroxylation is 1. The minimum absolute atomic E-state index is 0.450. The molecule has 7 nitrogen and oxygen atoms in total. The molecular formula is C19H25N7. The van der Waals surface area contributed by atoms with Gasteiger partial charge in [0.2, 0.25) is 0 Å². The molecule has 7 heteroatoms. The number of nitrogens with one attached hydrogen (secondary N) is 2. The van der Waals surface area contributed by atoms with Crippen LogP contribution >= 0.6 is 0 Å². The molecule has 0 spiro atoms. The molecule has 1 aliphatic heterocycles. The van der Waals surface area contributed by atoms with E-state index in [0.717, 1.165) is 59.7 Å². The number of aromatic nitrogens is 5. The van der Waals surface area contributed by atoms with Crippen molar-refractivity contribution in [2.75, 3.05) is 18.4 Å². The van der Waals surface area contributed by atoms with E-state index in [1.54, 1.807) is 18.6 Å². The van der Waals surface area contributed by atoms with Crippen LogP contribution in [0, 0.1) is 6.92 Å². The van der Waals surface area contributed by atoms with Crippen molar-refractivity contribution in [2.45, 2.75) is 45.7 Å². The van der Waals surface area contributed by atoms with Crippen LogP contribution in [0.5, 0.6) is 0 Å². The lowest BCUT2D eigenvalue weighted by Gasteiger charge is -2.35. The number of H-pyrrole nitrogens is 1. The number of fused-ring (bicyclic) bond motifs is 1. The quantitative estimate of drug-likeness (QED) is 0.752. The Bertz CT molecular complexity index is 894. The van der Waals surface area contributed by atoms with E-state index >= 15 is 0 Å². The van der Waals surface area contributed by atoms with Gasteiger partial charge in [-0.3, -0.25) is 10.1 Å². The largest absolute Gasteiger partial charge is 0.366 e. The van der Waals surface area contributed by atoms with Crippen molar-refractivity contribution in [2.24, 2.45) is 0 Å². The van der Waals surface area contributed by atoms with Crippen LogP contribution in [-0.4, -0.2) is 55.2 Å². The van der Waals surface area contributed by atoms with E-state index in [-0.39, 0.29) is 0 Å². The van der Waals surface area contributed by atoms with Crippen LogP contribution in [-0.2, 0) is 0 Å². The summed E-state index contributed by atoms with van der Waals surface area (Å²) in [6.07, 6.45) is 7.65. The van der Waals surface area contributed by atoms with E-state index < -0.39 is 0 Å². The third kappa shape index (κ3) is 3.39. The summed E-state index contributed by atoms with van der Waals surface area (Å²) < 4.78 is 0. The number of anilines is 1. The minimum Gasteiger partial charge on any atom is -0.366 e. The van der Waals surface area contributed by atoms with Crippen LogP contribution in [0.2, 0.25) is 0 Å². The summed E-state index contributed by atoms with van der Waals surface area (Å²) in [5.41, 5.74) is 3.51. The first-order valence-electron chi connectivity index (χ1n) is 9.24. The summed E-state index contributed by atoms with van der Waals surface area (Å²) in [4.78, 5) is 16.1. The van der Waals surface area contributed by atoms with E-state index in [2.05, 4.69) is 50.3 Å². The Balaban J connectivity index is 1.50. The van der Waals surface area contributed by atoms with Gasteiger partial charge in [0.15, 0.2) is 5.65 Å². The highest BCUT2D eigenvalue weighted by Crippen LogP contribution is 2.23. The van der Waals surface area contributed by atoms with E-state index in [0.29, 0.717) is 12.1 Å². The van der Waals surface area contributed by atoms with E-state index in [9.17, 15) is 0 Å². The lowest BCUT2D eigenvalue weighted by Crippen LogP contribution is -2.42. The molecule has 26 heavy (non-hydrogen) atoms. The molecule has 0 amide bonds. The number of rotatable bonds is 4. The number of aromatic amines is 1. The number of likely N-dealkylation sites (tertiary alicyclic amines) is 1. The van der Waals surface area contributed by atoms with Gasteiger partial charge in [0.25, 0.3) is 0 Å². The number of nitrogens with zero attached hydrogens (tertiary/aromatic N) is 5. The van der Waals surface area contributed by atoms with E-state index in [1.165, 1.54) is 0 Å². The second-order valence-electron chi connectivity index (χ2n) is 7.28. The molecule has 0 bridgehead atoms. The zero-order valence-electron chi connectivity index (χ0n) is 15.5. The van der Waals surface area contributed by atoms with Gasteiger partial charge in [-0.25, -0.2) is 9.97 Å². The third-order valence-electron chi connectivity index (χ3n) is 5.14. The molecule has 0 unspecified atom stereocenters. The van der Waals surface area contributed by atoms with Crippen LogP contribution in [0.1, 0.15) is 32.4 Å². The zero-order chi connectivity index (χ0) is 18.1. The molecule has 136 valence electrons. The second kappa shape index (κ2) is 6.99. The van der Waals surface area contributed by atoms with Crippen molar-refractivity contribution >= 4 is 16.9 Å². The number of hydrogen-bond acceptors (Lipinski definition) is 6. The average molecular weight is 351 g/mol. The topological polar surface area (TPSA) is 82.6 Å². The molecule has 4 heterocycles. The highest BCUT2D eigenvalue weighted by Gasteiger charge is 2.21. The summed E-state index contributed by atoms with van der Waals surface area (Å²) in [6.45, 7) is 8.77. The fourth-order valence-corrected chi connectivity index (χ4v) is 3.50. The van der Waals surface area contributed by atoms with Gasteiger partial charge < -0.3 is 10.2 Å². The van der Waals surface area contributed by atoms with Gasteiger partial charge in [-0.1, -0.05) is 0 Å². The standard InChI is InChI=1S/C19H25N7/c1-12(2)26-6-4-15(5-7-26)22-18-11-20-10-17(23-18)14-8-16-13(3)24-25-19(16)21-9-14/h8-12,15H,4-7H2,1-3H3,(H,22,23)(H,21,24,25). The highest BCUT2D eigenvalue weighted by molar-refractivity contribution is 5.82. The Morgan fingerprint density at radius 3 is 2.77 bits per heavy atom. The molecule has 1 fully saturated rings. The monoisotopic (exact) mass is 351 g/mol. The predicted molar refractivity (Wildman–Crippen MR) is 103 cm³/mol. The van der Waals surface area contributed by atoms with Crippen molar-refractivity contribution in [3.63, 3.8) is 0 Å². The molecule has 3 aromatic heterocycles. The minimum atomic E-state index is 0.450. The summed E-state index contributed by atoms with van der Waals surface area (Å²) in [6, 6.07) is 3.13. The summed E-state index contributed by atoms with van der Waals surface area (Å²) in [5.74, 6) is 0.828. The van der Waals surface area contributed by atoms with Crippen molar-refractivity contribution in [1.29, 1.82) is 0 Å². The number of hydrogen-bond donors (Lipinski definition) is 2. The maximum atomic E-state index is 4.75. The number of piperidine rings is 1. The van der Waals surface area contributed by atoms with Crippen LogP contribution in [0.3, 0.4) is 0 Å². The van der Waals surface area contributed by atoms with Crippen molar-refractivity contribution in [3.8, 4) is 11.3 Å². The van der Waals surface area contributed by atoms with Crippen LogP contribution in [0.15, 0.2) is 24.7 Å². The first-order chi connectivity index (χ1) is 12.6. The highest BCUT2D eigenvalue weighted by atomic mass is 15.2. The lowest BCUT2D eigenvalue weighted by molar-refractivity contribution is 0.177. The third-order valence-corrected chi connectivity index (χ3v) is 5.14. The Labute approximate surface area is 153 Å². The lowest BCUT2D eigenvalue weighted by atomic mass is 10.0. The first kappa shape index (κ1) is 16.9. The van der Waals surface area contributed by atoms with Crippen LogP contribution in [0.4, 0.5) is 5.82 Å². The second-order valence-corrected chi connectivity index (χ2v) is 7.28. The molecule has 0 atom stereocenters. The normalized spacial score (nSPS) is 16.5. The fraction of sp³-hybridized carbons (Fsp3) is 0.474. The summed E-state index contributed by atoms with van der Waals surface area (Å²) in [5, 5.41) is 11.7. The molecule has 1 aliphatic rings. The van der Waals surface area contributed by atoms with Crippen LogP contribution < -0.4 is 5.32 Å². The van der Waals surface area contributed by atoms with E-state index in [1.807, 2.05) is 6.92 Å². The molecule has 0 radical (unpaired) electrons. The van der Waals surface area contributed by atoms with Gasteiger partial charge in [-0.05, 0) is 39.7 Å². The molecule has 1 saturated heterocycles. The van der Waals surface area contributed by atoms with Gasteiger partial charge >= 0.3 is 0 Å². The van der Waals surface area contributed by atoms with Crippen LogP contribution in [0.25, 0.3) is 22.3 Å². The predicted octanol–water partition coefficient (Wildman–Crippen LogP) is 3.01. The zero-order valence-corrected chi connectivity index (χ0v) is 15.5. The summed E-state index contributed by atoms with van der Waals surface area (Å²) in [7, 11) is 0. The molecule has 0 aliphatic carbocycles.